The number of aromatic nitrogens is 2. The maximum absolute atomic E-state index is 5.56. The van der Waals surface area contributed by atoms with Crippen molar-refractivity contribution < 1.29 is 13.9 Å². The normalized spacial score (nSPS) is 10.6. The summed E-state index contributed by atoms with van der Waals surface area (Å²) in [5.41, 5.74) is 1.03. The number of hydrogen-bond donors (Lipinski definition) is 1. The molecule has 0 atom stereocenters. The summed E-state index contributed by atoms with van der Waals surface area (Å²) in [4.78, 5) is 0. The molecule has 0 saturated heterocycles. The van der Waals surface area contributed by atoms with Crippen LogP contribution < -0.4 is 14.8 Å². The van der Waals surface area contributed by atoms with E-state index >= 15 is 0 Å². The lowest BCUT2D eigenvalue weighted by Crippen LogP contribution is -2.11. The molecule has 0 bridgehead atoms. The second-order valence-corrected chi connectivity index (χ2v) is 4.24. The lowest BCUT2D eigenvalue weighted by Gasteiger charge is -2.08. The molecule has 0 aliphatic carbocycles. The van der Waals surface area contributed by atoms with Gasteiger partial charge in [-0.15, -0.1) is 10.2 Å². The van der Waals surface area contributed by atoms with E-state index in [1.54, 1.807) is 14.2 Å². The van der Waals surface area contributed by atoms with E-state index < -0.39 is 0 Å². The zero-order valence-electron chi connectivity index (χ0n) is 12.0. The van der Waals surface area contributed by atoms with Crippen molar-refractivity contribution in [1.29, 1.82) is 0 Å². The molecule has 0 aliphatic heterocycles. The Bertz CT molecular complexity index is 554. The van der Waals surface area contributed by atoms with Gasteiger partial charge in [-0.25, -0.2) is 0 Å². The van der Waals surface area contributed by atoms with Gasteiger partial charge in [0.1, 0.15) is 0 Å². The molecule has 1 heterocycles. The lowest BCUT2D eigenvalue weighted by molar-refractivity contribution is 0.354. The van der Waals surface area contributed by atoms with Crippen LogP contribution in [-0.4, -0.2) is 31.0 Å². The standard InChI is InChI=1S/C14H19N3O3/c1-4-15-9-14-17-16-13(20-14)8-10-5-6-11(18-2)12(7-10)19-3/h5-7,15H,4,8-9H2,1-3H3. The van der Waals surface area contributed by atoms with Crippen molar-refractivity contribution in [3.8, 4) is 11.5 Å². The van der Waals surface area contributed by atoms with Crippen LogP contribution in [0.2, 0.25) is 0 Å². The van der Waals surface area contributed by atoms with Gasteiger partial charge in [0.05, 0.1) is 27.2 Å². The Morgan fingerprint density at radius 3 is 2.55 bits per heavy atom. The topological polar surface area (TPSA) is 69.4 Å². The second kappa shape index (κ2) is 6.91. The van der Waals surface area contributed by atoms with Crippen LogP contribution >= 0.6 is 0 Å². The van der Waals surface area contributed by atoms with Crippen molar-refractivity contribution in [3.63, 3.8) is 0 Å². The summed E-state index contributed by atoms with van der Waals surface area (Å²) in [5.74, 6) is 2.58. The summed E-state index contributed by atoms with van der Waals surface area (Å²) >= 11 is 0. The number of benzene rings is 1. The van der Waals surface area contributed by atoms with E-state index in [2.05, 4.69) is 15.5 Å². The van der Waals surface area contributed by atoms with Crippen molar-refractivity contribution in [2.24, 2.45) is 0 Å². The first-order valence-electron chi connectivity index (χ1n) is 6.49. The van der Waals surface area contributed by atoms with Gasteiger partial charge >= 0.3 is 0 Å². The molecule has 6 heteroatoms. The van der Waals surface area contributed by atoms with Crippen molar-refractivity contribution in [1.82, 2.24) is 15.5 Å². The molecule has 0 fully saturated rings. The average molecular weight is 277 g/mol. The molecule has 2 rings (SSSR count). The third-order valence-electron chi connectivity index (χ3n) is 2.84. The zero-order chi connectivity index (χ0) is 14.4. The van der Waals surface area contributed by atoms with Crippen LogP contribution in [0.5, 0.6) is 11.5 Å². The molecule has 0 spiro atoms. The van der Waals surface area contributed by atoms with Gasteiger partial charge in [-0.1, -0.05) is 13.0 Å². The van der Waals surface area contributed by atoms with E-state index in [1.165, 1.54) is 0 Å². The molecule has 108 valence electrons. The predicted octanol–water partition coefficient (Wildman–Crippen LogP) is 1.79. The summed E-state index contributed by atoms with van der Waals surface area (Å²) in [7, 11) is 3.23. The maximum atomic E-state index is 5.56. The number of methoxy groups -OCH3 is 2. The van der Waals surface area contributed by atoms with Crippen molar-refractivity contribution >= 4 is 0 Å². The van der Waals surface area contributed by atoms with Gasteiger partial charge in [0.2, 0.25) is 11.8 Å². The van der Waals surface area contributed by atoms with Gasteiger partial charge in [0, 0.05) is 0 Å². The van der Waals surface area contributed by atoms with E-state index in [0.717, 1.165) is 12.1 Å². The minimum absolute atomic E-state index is 0.569. The smallest absolute Gasteiger partial charge is 0.230 e. The Hall–Kier alpha value is -2.08. The molecule has 1 aromatic heterocycles. The molecule has 1 aromatic carbocycles. The predicted molar refractivity (Wildman–Crippen MR) is 74.0 cm³/mol. The van der Waals surface area contributed by atoms with Crippen LogP contribution in [0.1, 0.15) is 24.3 Å². The Morgan fingerprint density at radius 2 is 1.85 bits per heavy atom. The van der Waals surface area contributed by atoms with Crippen molar-refractivity contribution in [2.45, 2.75) is 19.9 Å². The lowest BCUT2D eigenvalue weighted by atomic mass is 10.1. The van der Waals surface area contributed by atoms with Gasteiger partial charge in [-0.2, -0.15) is 0 Å². The SMILES string of the molecule is CCNCc1nnc(Cc2ccc(OC)c(OC)c2)o1. The minimum atomic E-state index is 0.569. The fraction of sp³-hybridized carbons (Fsp3) is 0.429. The molecule has 2 aromatic rings. The average Bonchev–Trinajstić information content (AvgIpc) is 2.92. The number of rotatable bonds is 7. The van der Waals surface area contributed by atoms with Crippen LogP contribution in [0, 0.1) is 0 Å². The summed E-state index contributed by atoms with van der Waals surface area (Å²) < 4.78 is 16.0. The molecular weight excluding hydrogens is 258 g/mol. The first-order valence-corrected chi connectivity index (χ1v) is 6.49. The molecule has 0 saturated carbocycles. The minimum Gasteiger partial charge on any atom is -0.493 e. The van der Waals surface area contributed by atoms with Gasteiger partial charge in [-0.05, 0) is 24.2 Å². The first-order chi connectivity index (χ1) is 9.76. The monoisotopic (exact) mass is 277 g/mol. The van der Waals surface area contributed by atoms with Gasteiger partial charge in [0.15, 0.2) is 11.5 Å². The molecule has 0 radical (unpaired) electrons. The Balaban J connectivity index is 2.07. The second-order valence-electron chi connectivity index (χ2n) is 4.24. The van der Waals surface area contributed by atoms with Gasteiger partial charge in [-0.3, -0.25) is 0 Å². The largest absolute Gasteiger partial charge is 0.493 e. The number of nitrogens with one attached hydrogen (secondary N) is 1. The highest BCUT2D eigenvalue weighted by molar-refractivity contribution is 5.43. The molecule has 1 N–H and O–H groups in total. The molecule has 20 heavy (non-hydrogen) atoms. The summed E-state index contributed by atoms with van der Waals surface area (Å²) in [6, 6.07) is 5.73. The summed E-state index contributed by atoms with van der Waals surface area (Å²) in [5, 5.41) is 11.2. The Morgan fingerprint density at radius 1 is 1.10 bits per heavy atom. The highest BCUT2D eigenvalue weighted by Gasteiger charge is 2.09. The Kier molecular flexibility index (Phi) is 4.95. The molecular formula is C14H19N3O3. The van der Waals surface area contributed by atoms with Crippen LogP contribution in [0.4, 0.5) is 0 Å². The number of hydrogen-bond acceptors (Lipinski definition) is 6. The summed E-state index contributed by atoms with van der Waals surface area (Å²) in [6.45, 7) is 3.49. The fourth-order valence-corrected chi connectivity index (χ4v) is 1.83. The highest BCUT2D eigenvalue weighted by Crippen LogP contribution is 2.28. The van der Waals surface area contributed by atoms with Crippen molar-refractivity contribution in [3.05, 3.63) is 35.5 Å². The molecule has 0 aliphatic rings. The van der Waals surface area contributed by atoms with Crippen molar-refractivity contribution in [2.75, 3.05) is 20.8 Å². The van der Waals surface area contributed by atoms with Crippen LogP contribution in [0.15, 0.2) is 22.6 Å². The third-order valence-corrected chi connectivity index (χ3v) is 2.84. The maximum Gasteiger partial charge on any atom is 0.230 e. The fourth-order valence-electron chi connectivity index (χ4n) is 1.83. The molecule has 0 unspecified atom stereocenters. The Labute approximate surface area is 118 Å². The highest BCUT2D eigenvalue weighted by atomic mass is 16.5. The van der Waals surface area contributed by atoms with Crippen LogP contribution in [0.25, 0.3) is 0 Å². The van der Waals surface area contributed by atoms with Crippen LogP contribution in [0.3, 0.4) is 0 Å². The number of nitrogens with zero attached hydrogens (tertiary/aromatic N) is 2. The van der Waals surface area contributed by atoms with E-state index in [-0.39, 0.29) is 0 Å². The zero-order valence-corrected chi connectivity index (χ0v) is 12.0. The first kappa shape index (κ1) is 14.3. The van der Waals surface area contributed by atoms with E-state index in [0.29, 0.717) is 36.2 Å². The van der Waals surface area contributed by atoms with Crippen LogP contribution in [-0.2, 0) is 13.0 Å². The molecule has 0 amide bonds. The van der Waals surface area contributed by atoms with E-state index in [9.17, 15) is 0 Å². The number of ether oxygens (including phenoxy) is 2. The molecule has 6 nitrogen and oxygen atoms in total. The van der Waals surface area contributed by atoms with Gasteiger partial charge in [0.25, 0.3) is 0 Å². The summed E-state index contributed by atoms with van der Waals surface area (Å²) in [6.07, 6.45) is 0.569. The van der Waals surface area contributed by atoms with E-state index in [1.807, 2.05) is 25.1 Å². The van der Waals surface area contributed by atoms with E-state index in [4.69, 9.17) is 13.9 Å². The quantitative estimate of drug-likeness (QED) is 0.832. The third kappa shape index (κ3) is 3.48. The van der Waals surface area contributed by atoms with Gasteiger partial charge < -0.3 is 19.2 Å².